The average Bonchev–Trinajstić information content (AvgIpc) is 3.14. The fraction of sp³-hybridized carbons (Fsp3) is 0.350. The number of rotatable bonds is 2. The van der Waals surface area contributed by atoms with Gasteiger partial charge in [-0.2, -0.15) is 0 Å². The second kappa shape index (κ2) is 6.12. The first kappa shape index (κ1) is 15.4. The summed E-state index contributed by atoms with van der Waals surface area (Å²) in [4.78, 5) is 12.7. The summed E-state index contributed by atoms with van der Waals surface area (Å²) in [6.45, 7) is 1.33. The van der Waals surface area contributed by atoms with Crippen LogP contribution in [0.2, 0.25) is 0 Å². The van der Waals surface area contributed by atoms with Gasteiger partial charge in [0.05, 0.1) is 6.04 Å². The lowest BCUT2D eigenvalue weighted by Crippen LogP contribution is -2.31. The van der Waals surface area contributed by atoms with E-state index in [9.17, 15) is 4.79 Å². The maximum absolute atomic E-state index is 12.7. The Kier molecular flexibility index (Phi) is 3.62. The number of carbonyl (C=O) groups excluding carboxylic acids is 1. The molecule has 6 heteroatoms. The van der Waals surface area contributed by atoms with Crippen molar-refractivity contribution in [3.05, 3.63) is 47.0 Å². The molecule has 26 heavy (non-hydrogen) atoms. The Morgan fingerprint density at radius 1 is 0.923 bits per heavy atom. The Balaban J connectivity index is 1.41. The lowest BCUT2D eigenvalue weighted by molar-refractivity contribution is 0.0932. The quantitative estimate of drug-likeness (QED) is 0.899. The van der Waals surface area contributed by atoms with E-state index < -0.39 is 0 Å². The molecule has 1 aliphatic carbocycles. The molecule has 2 heterocycles. The second-order valence-electron chi connectivity index (χ2n) is 6.68. The van der Waals surface area contributed by atoms with Gasteiger partial charge in [-0.15, -0.1) is 0 Å². The van der Waals surface area contributed by atoms with Crippen molar-refractivity contribution >= 4 is 5.91 Å². The van der Waals surface area contributed by atoms with Gasteiger partial charge in [0.1, 0.15) is 13.2 Å². The van der Waals surface area contributed by atoms with Crippen LogP contribution in [0.3, 0.4) is 0 Å². The first-order valence-corrected chi connectivity index (χ1v) is 8.91. The summed E-state index contributed by atoms with van der Waals surface area (Å²) in [5.41, 5.74) is 2.91. The number of benzene rings is 2. The number of nitrogens with one attached hydrogen (secondary N) is 1. The van der Waals surface area contributed by atoms with Crippen molar-refractivity contribution in [2.45, 2.75) is 25.3 Å². The molecule has 0 bridgehead atoms. The Bertz CT molecular complexity index is 879. The average molecular weight is 353 g/mol. The molecular formula is C20H19NO5. The first-order valence-electron chi connectivity index (χ1n) is 8.91. The summed E-state index contributed by atoms with van der Waals surface area (Å²) >= 11 is 0. The van der Waals surface area contributed by atoms with Crippen LogP contribution in [-0.2, 0) is 6.42 Å². The second-order valence-corrected chi connectivity index (χ2v) is 6.68. The lowest BCUT2D eigenvalue weighted by Gasteiger charge is -2.29. The summed E-state index contributed by atoms with van der Waals surface area (Å²) in [7, 11) is 0. The number of ether oxygens (including phenoxy) is 4. The van der Waals surface area contributed by atoms with Crippen molar-refractivity contribution in [1.29, 1.82) is 0 Å². The highest BCUT2D eigenvalue weighted by atomic mass is 16.7. The van der Waals surface area contributed by atoms with E-state index in [1.165, 1.54) is 5.56 Å². The molecule has 0 fully saturated rings. The number of fused-ring (bicyclic) bond motifs is 3. The van der Waals surface area contributed by atoms with Gasteiger partial charge in [0.2, 0.25) is 6.79 Å². The van der Waals surface area contributed by atoms with Gasteiger partial charge in [-0.25, -0.2) is 0 Å². The fourth-order valence-electron chi connectivity index (χ4n) is 3.77. The molecule has 1 N–H and O–H groups in total. The van der Waals surface area contributed by atoms with Gasteiger partial charge in [0, 0.05) is 5.56 Å². The third-order valence-electron chi connectivity index (χ3n) is 5.06. The van der Waals surface area contributed by atoms with Gasteiger partial charge in [-0.3, -0.25) is 4.79 Å². The maximum atomic E-state index is 12.7. The highest BCUT2D eigenvalue weighted by Gasteiger charge is 2.26. The summed E-state index contributed by atoms with van der Waals surface area (Å²) in [5.74, 6) is 2.74. The van der Waals surface area contributed by atoms with Crippen LogP contribution >= 0.6 is 0 Å². The predicted molar refractivity (Wildman–Crippen MR) is 93.1 cm³/mol. The van der Waals surface area contributed by atoms with E-state index in [4.69, 9.17) is 18.9 Å². The van der Waals surface area contributed by atoms with Gasteiger partial charge >= 0.3 is 0 Å². The van der Waals surface area contributed by atoms with E-state index in [1.54, 1.807) is 18.2 Å². The van der Waals surface area contributed by atoms with E-state index in [0.29, 0.717) is 30.3 Å². The van der Waals surface area contributed by atoms with Crippen LogP contribution in [0.25, 0.3) is 0 Å². The van der Waals surface area contributed by atoms with E-state index in [2.05, 4.69) is 11.4 Å². The van der Waals surface area contributed by atoms with E-state index in [-0.39, 0.29) is 18.7 Å². The monoisotopic (exact) mass is 353 g/mol. The zero-order chi connectivity index (χ0) is 17.5. The van der Waals surface area contributed by atoms with Crippen LogP contribution in [0.4, 0.5) is 0 Å². The lowest BCUT2D eigenvalue weighted by atomic mass is 9.87. The zero-order valence-electron chi connectivity index (χ0n) is 14.2. The van der Waals surface area contributed by atoms with Crippen molar-refractivity contribution < 1.29 is 23.7 Å². The minimum Gasteiger partial charge on any atom is -0.486 e. The largest absolute Gasteiger partial charge is 0.486 e. The highest BCUT2D eigenvalue weighted by molar-refractivity contribution is 5.95. The molecule has 134 valence electrons. The van der Waals surface area contributed by atoms with Crippen LogP contribution in [0.15, 0.2) is 30.3 Å². The van der Waals surface area contributed by atoms with Gasteiger partial charge in [0.15, 0.2) is 23.0 Å². The summed E-state index contributed by atoms with van der Waals surface area (Å²) < 4.78 is 22.1. The van der Waals surface area contributed by atoms with Crippen molar-refractivity contribution in [1.82, 2.24) is 5.32 Å². The molecule has 0 spiro atoms. The SMILES string of the molecule is O=C(NC1CCCc2cc3c(cc21)OCCO3)c1ccc2c(c1)OCO2. The van der Waals surface area contributed by atoms with E-state index in [1.807, 2.05) is 6.07 Å². The number of hydrogen-bond acceptors (Lipinski definition) is 5. The molecule has 3 aliphatic rings. The van der Waals surface area contributed by atoms with Gasteiger partial charge in [-0.1, -0.05) is 0 Å². The molecule has 2 aromatic carbocycles. The molecule has 0 saturated heterocycles. The Labute approximate surface area is 151 Å². The number of aryl methyl sites for hydroxylation is 1. The molecule has 5 rings (SSSR count). The Morgan fingerprint density at radius 3 is 2.58 bits per heavy atom. The molecule has 0 saturated carbocycles. The van der Waals surface area contributed by atoms with Crippen molar-refractivity contribution in [3.8, 4) is 23.0 Å². The number of hydrogen-bond donors (Lipinski definition) is 1. The summed E-state index contributed by atoms with van der Waals surface area (Å²) in [5, 5.41) is 3.16. The molecule has 2 aliphatic heterocycles. The molecule has 6 nitrogen and oxygen atoms in total. The molecule has 0 radical (unpaired) electrons. The molecule has 1 amide bonds. The van der Waals surface area contributed by atoms with E-state index in [0.717, 1.165) is 36.3 Å². The third kappa shape index (κ3) is 2.62. The summed E-state index contributed by atoms with van der Waals surface area (Å²) in [6.07, 6.45) is 2.92. The molecule has 1 unspecified atom stereocenters. The zero-order valence-corrected chi connectivity index (χ0v) is 14.2. The van der Waals surface area contributed by atoms with Crippen LogP contribution in [0.5, 0.6) is 23.0 Å². The molecular weight excluding hydrogens is 334 g/mol. The molecule has 0 aromatic heterocycles. The third-order valence-corrected chi connectivity index (χ3v) is 5.06. The smallest absolute Gasteiger partial charge is 0.251 e. The number of amides is 1. The van der Waals surface area contributed by atoms with Crippen molar-refractivity contribution in [2.24, 2.45) is 0 Å². The van der Waals surface area contributed by atoms with Crippen molar-refractivity contribution in [3.63, 3.8) is 0 Å². The van der Waals surface area contributed by atoms with E-state index >= 15 is 0 Å². The van der Waals surface area contributed by atoms with Gasteiger partial charge in [0.25, 0.3) is 5.91 Å². The summed E-state index contributed by atoms with van der Waals surface area (Å²) in [6, 6.07) is 9.30. The number of carbonyl (C=O) groups is 1. The first-order chi connectivity index (χ1) is 12.8. The predicted octanol–water partition coefficient (Wildman–Crippen LogP) is 2.99. The van der Waals surface area contributed by atoms with Gasteiger partial charge < -0.3 is 24.3 Å². The molecule has 2 aromatic rings. The minimum atomic E-state index is -0.115. The van der Waals surface area contributed by atoms with Crippen molar-refractivity contribution in [2.75, 3.05) is 20.0 Å². The van der Waals surface area contributed by atoms with Crippen LogP contribution in [0, 0.1) is 0 Å². The fourth-order valence-corrected chi connectivity index (χ4v) is 3.77. The Morgan fingerprint density at radius 2 is 1.69 bits per heavy atom. The van der Waals surface area contributed by atoms with Crippen LogP contribution in [-0.4, -0.2) is 25.9 Å². The molecule has 1 atom stereocenters. The Hall–Kier alpha value is -2.89. The van der Waals surface area contributed by atoms with Gasteiger partial charge in [-0.05, 0) is 60.7 Å². The normalized spacial score (nSPS) is 19.6. The maximum Gasteiger partial charge on any atom is 0.251 e. The minimum absolute atomic E-state index is 0.0347. The standard InChI is InChI=1S/C20H19NO5/c22-20(13-4-5-16-17(9-13)26-11-25-16)21-15-3-1-2-12-8-18-19(10-14(12)15)24-7-6-23-18/h4-5,8-10,15H,1-3,6-7,11H2,(H,21,22). The van der Waals surface area contributed by atoms with Crippen LogP contribution < -0.4 is 24.3 Å². The highest BCUT2D eigenvalue weighted by Crippen LogP contribution is 2.40. The topological polar surface area (TPSA) is 66.0 Å². The van der Waals surface area contributed by atoms with Crippen LogP contribution in [0.1, 0.15) is 40.4 Å².